The molecule has 1 atom stereocenters. The second-order valence-corrected chi connectivity index (χ2v) is 13.8. The highest BCUT2D eigenvalue weighted by Crippen LogP contribution is 2.38. The van der Waals surface area contributed by atoms with Crippen molar-refractivity contribution >= 4 is 33.1 Å². The summed E-state index contributed by atoms with van der Waals surface area (Å²) < 4.78 is 62.6. The molecule has 0 spiro atoms. The van der Waals surface area contributed by atoms with Gasteiger partial charge in [-0.2, -0.15) is 5.10 Å². The molecule has 1 aromatic heterocycles. The van der Waals surface area contributed by atoms with Crippen LogP contribution in [-0.2, 0) is 21.2 Å². The van der Waals surface area contributed by atoms with Gasteiger partial charge in [-0.25, -0.2) is 26.9 Å². The molecule has 2 N–H and O–H groups in total. The number of hydrogen-bond acceptors (Lipinski definition) is 7. The maximum atomic E-state index is 15.6. The van der Waals surface area contributed by atoms with Gasteiger partial charge in [0.15, 0.2) is 9.84 Å². The van der Waals surface area contributed by atoms with Crippen molar-refractivity contribution in [1.29, 1.82) is 0 Å². The minimum atomic E-state index is -3.70. The van der Waals surface area contributed by atoms with Crippen LogP contribution in [0.3, 0.4) is 0 Å². The Labute approximate surface area is 258 Å². The first-order valence-corrected chi connectivity index (χ1v) is 15.8. The number of benzodiazepines with no additional fused rings is 1. The molecule has 0 radical (unpaired) electrons. The molecular formula is C32H29F2N5O5S. The highest BCUT2D eigenvalue weighted by molar-refractivity contribution is 7.91. The lowest BCUT2D eigenvalue weighted by atomic mass is 9.94. The highest BCUT2D eigenvalue weighted by Gasteiger charge is 2.37. The van der Waals surface area contributed by atoms with Crippen LogP contribution < -0.4 is 15.4 Å². The fraction of sp³-hybridized carbons (Fsp3) is 0.250. The Bertz CT molecular complexity index is 1990. The van der Waals surface area contributed by atoms with Crippen molar-refractivity contribution in [2.45, 2.75) is 38.4 Å². The second-order valence-electron chi connectivity index (χ2n) is 11.6. The predicted molar refractivity (Wildman–Crippen MR) is 163 cm³/mol. The van der Waals surface area contributed by atoms with E-state index in [1.54, 1.807) is 36.4 Å². The van der Waals surface area contributed by atoms with Crippen molar-refractivity contribution in [2.75, 3.05) is 17.7 Å². The number of para-hydroxylation sites is 1. The van der Waals surface area contributed by atoms with Gasteiger partial charge in [-0.05, 0) is 24.3 Å². The van der Waals surface area contributed by atoms with E-state index < -0.39 is 39.5 Å². The van der Waals surface area contributed by atoms with Crippen molar-refractivity contribution in [3.63, 3.8) is 0 Å². The van der Waals surface area contributed by atoms with Crippen LogP contribution in [0.1, 0.15) is 42.3 Å². The molecule has 0 fully saturated rings. The second kappa shape index (κ2) is 11.2. The summed E-state index contributed by atoms with van der Waals surface area (Å²) in [4.78, 5) is 31.8. The van der Waals surface area contributed by atoms with Crippen molar-refractivity contribution in [3.8, 4) is 17.1 Å². The van der Waals surface area contributed by atoms with Crippen LogP contribution in [0.2, 0.25) is 0 Å². The monoisotopic (exact) mass is 633 g/mol. The molecule has 2 aliphatic rings. The molecule has 0 saturated heterocycles. The minimum absolute atomic E-state index is 0.0575. The third-order valence-electron chi connectivity index (χ3n) is 7.58. The topological polar surface area (TPSA) is 132 Å². The smallest absolute Gasteiger partial charge is 0.269 e. The summed E-state index contributed by atoms with van der Waals surface area (Å²) in [6, 6.07) is 16.5. The molecule has 0 saturated carbocycles. The van der Waals surface area contributed by atoms with Crippen molar-refractivity contribution < 1.29 is 31.5 Å². The maximum absolute atomic E-state index is 15.6. The van der Waals surface area contributed by atoms with E-state index in [-0.39, 0.29) is 56.8 Å². The molecule has 13 heteroatoms. The van der Waals surface area contributed by atoms with E-state index in [4.69, 9.17) is 4.74 Å². The van der Waals surface area contributed by atoms with Crippen LogP contribution in [0.25, 0.3) is 11.3 Å². The number of benzene rings is 3. The number of halogens is 2. The first kappa shape index (κ1) is 30.1. The summed E-state index contributed by atoms with van der Waals surface area (Å²) in [5, 5.41) is 9.63. The SMILES string of the molecule is CCS(=O)(=O)c1ccc(-c2nn3c(c2C(=O)N[C@H]2N=C(c4ccccc4)c4cccc(F)c4NC2=O)OCC(C)(C)C3)c(F)c1. The van der Waals surface area contributed by atoms with Gasteiger partial charge in [-0.3, -0.25) is 9.59 Å². The lowest BCUT2D eigenvalue weighted by Gasteiger charge is -2.30. The number of ether oxygens (including phenoxy) is 1. The number of amides is 2. The number of rotatable bonds is 6. The van der Waals surface area contributed by atoms with Gasteiger partial charge in [0.2, 0.25) is 12.0 Å². The molecule has 2 amide bonds. The molecule has 4 aromatic rings. The standard InChI is InChI=1S/C32H29F2N5O5S/c1-4-45(42,43)19-13-14-20(23(34)15-19)27-24(31-39(38-27)16-32(2,3)17-44-31)29(40)37-28-30(41)36-26-21(11-8-12-22(26)33)25(35-28)18-9-6-5-7-10-18/h5-15,28H,4,16-17H2,1-3H3,(H,36,41)(H,37,40)/t28-/m1/s1. The van der Waals surface area contributed by atoms with Crippen LogP contribution in [0.5, 0.6) is 5.88 Å². The summed E-state index contributed by atoms with van der Waals surface area (Å²) in [5.74, 6) is -3.39. The van der Waals surface area contributed by atoms with Gasteiger partial charge in [0.1, 0.15) is 22.9 Å². The lowest BCUT2D eigenvalue weighted by molar-refractivity contribution is -0.117. The average Bonchev–Trinajstić information content (AvgIpc) is 3.30. The number of carbonyl (C=O) groups is 2. The molecule has 3 heterocycles. The van der Waals surface area contributed by atoms with E-state index in [1.807, 2.05) is 13.8 Å². The fourth-order valence-electron chi connectivity index (χ4n) is 5.27. The summed E-state index contributed by atoms with van der Waals surface area (Å²) in [5.41, 5.74) is 0.326. The Morgan fingerprint density at radius 3 is 2.53 bits per heavy atom. The Balaban J connectivity index is 1.45. The molecule has 6 rings (SSSR count). The Hall–Kier alpha value is -4.91. The zero-order valence-corrected chi connectivity index (χ0v) is 25.4. The van der Waals surface area contributed by atoms with E-state index in [0.29, 0.717) is 17.7 Å². The van der Waals surface area contributed by atoms with Crippen LogP contribution in [-0.4, -0.2) is 54.2 Å². The maximum Gasteiger partial charge on any atom is 0.269 e. The molecule has 232 valence electrons. The zero-order chi connectivity index (χ0) is 32.1. The van der Waals surface area contributed by atoms with Gasteiger partial charge in [0.05, 0.1) is 35.2 Å². The number of hydrogen-bond donors (Lipinski definition) is 2. The van der Waals surface area contributed by atoms with Gasteiger partial charge in [0, 0.05) is 22.1 Å². The van der Waals surface area contributed by atoms with E-state index in [2.05, 4.69) is 20.7 Å². The summed E-state index contributed by atoms with van der Waals surface area (Å²) in [6.07, 6.45) is -1.52. The third kappa shape index (κ3) is 5.59. The van der Waals surface area contributed by atoms with Crippen LogP contribution >= 0.6 is 0 Å². The summed E-state index contributed by atoms with van der Waals surface area (Å²) >= 11 is 0. The number of aliphatic imine (C=N–C) groups is 1. The zero-order valence-electron chi connectivity index (χ0n) is 24.6. The summed E-state index contributed by atoms with van der Waals surface area (Å²) in [6.45, 7) is 5.89. The third-order valence-corrected chi connectivity index (χ3v) is 9.32. The molecule has 0 aliphatic carbocycles. The average molecular weight is 634 g/mol. The van der Waals surface area contributed by atoms with Crippen molar-refractivity contribution in [2.24, 2.45) is 10.4 Å². The quantitative estimate of drug-likeness (QED) is 0.320. The van der Waals surface area contributed by atoms with Gasteiger partial charge in [-0.15, -0.1) is 0 Å². The molecule has 45 heavy (non-hydrogen) atoms. The first-order chi connectivity index (χ1) is 21.4. The number of fused-ring (bicyclic) bond motifs is 2. The van der Waals surface area contributed by atoms with Gasteiger partial charge in [-0.1, -0.05) is 63.2 Å². The van der Waals surface area contributed by atoms with Crippen LogP contribution in [0.4, 0.5) is 14.5 Å². The highest BCUT2D eigenvalue weighted by atomic mass is 32.2. The van der Waals surface area contributed by atoms with E-state index in [0.717, 1.165) is 6.07 Å². The number of nitrogens with zero attached hydrogens (tertiary/aromatic N) is 3. The molecule has 2 aliphatic heterocycles. The normalized spacial score (nSPS) is 17.2. The molecule has 0 bridgehead atoms. The summed E-state index contributed by atoms with van der Waals surface area (Å²) in [7, 11) is -3.70. The van der Waals surface area contributed by atoms with E-state index in [1.165, 1.54) is 35.9 Å². The van der Waals surface area contributed by atoms with Gasteiger partial charge >= 0.3 is 0 Å². The fourth-order valence-corrected chi connectivity index (χ4v) is 6.17. The molecule has 3 aromatic carbocycles. The van der Waals surface area contributed by atoms with Gasteiger partial charge < -0.3 is 15.4 Å². The largest absolute Gasteiger partial charge is 0.477 e. The van der Waals surface area contributed by atoms with Crippen molar-refractivity contribution in [1.82, 2.24) is 15.1 Å². The Morgan fingerprint density at radius 2 is 1.82 bits per heavy atom. The number of anilines is 1. The van der Waals surface area contributed by atoms with Crippen LogP contribution in [0, 0.1) is 17.0 Å². The molecule has 0 unspecified atom stereocenters. The number of nitrogens with one attached hydrogen (secondary N) is 2. The van der Waals surface area contributed by atoms with E-state index in [9.17, 15) is 22.4 Å². The number of sulfone groups is 1. The Kier molecular flexibility index (Phi) is 7.51. The van der Waals surface area contributed by atoms with Gasteiger partial charge in [0.25, 0.3) is 11.8 Å². The molecular weight excluding hydrogens is 604 g/mol. The predicted octanol–water partition coefficient (Wildman–Crippen LogP) is 4.59. The number of aromatic nitrogens is 2. The minimum Gasteiger partial charge on any atom is -0.477 e. The first-order valence-electron chi connectivity index (χ1n) is 14.2. The van der Waals surface area contributed by atoms with E-state index >= 15 is 4.39 Å². The number of carbonyl (C=O) groups excluding carboxylic acids is 2. The van der Waals surface area contributed by atoms with Crippen molar-refractivity contribution in [3.05, 3.63) is 95.1 Å². The van der Waals surface area contributed by atoms with Crippen LogP contribution in [0.15, 0.2) is 76.6 Å². The molecule has 10 nitrogen and oxygen atoms in total. The Morgan fingerprint density at radius 1 is 1.07 bits per heavy atom. The lowest BCUT2D eigenvalue weighted by Crippen LogP contribution is -2.43.